The number of thiophene rings is 1. The molecule has 0 aliphatic carbocycles. The number of esters is 1. The van der Waals surface area contributed by atoms with Gasteiger partial charge in [-0.2, -0.15) is 5.26 Å². The molecule has 2 unspecified atom stereocenters. The average Bonchev–Trinajstić information content (AvgIpc) is 2.91. The molecule has 8 heteroatoms. The number of pyridine rings is 1. The van der Waals surface area contributed by atoms with Gasteiger partial charge >= 0.3 is 5.97 Å². The van der Waals surface area contributed by atoms with Crippen LogP contribution in [0.15, 0.2) is 6.07 Å². The van der Waals surface area contributed by atoms with Gasteiger partial charge in [-0.3, -0.25) is 4.79 Å². The van der Waals surface area contributed by atoms with Gasteiger partial charge in [-0.25, -0.2) is 9.78 Å². The summed E-state index contributed by atoms with van der Waals surface area (Å²) < 4.78 is 5.29. The molecule has 27 heavy (non-hydrogen) atoms. The first kappa shape index (κ1) is 20.6. The second kappa shape index (κ2) is 7.53. The van der Waals surface area contributed by atoms with Crippen molar-refractivity contribution in [3.63, 3.8) is 0 Å². The molecule has 0 saturated carbocycles. The van der Waals surface area contributed by atoms with Crippen LogP contribution in [0.2, 0.25) is 0 Å². The van der Waals surface area contributed by atoms with E-state index in [9.17, 15) is 14.9 Å². The van der Waals surface area contributed by atoms with E-state index in [0.717, 1.165) is 28.0 Å². The number of carbonyl (C=O) groups is 2. The SMILES string of the molecule is Cc1cc(C)c2c(N)c(C(=O)OC(C)C(=O)NC(C)(C#N)C(C)C)sc2n1. The molecule has 3 N–H and O–H groups in total. The summed E-state index contributed by atoms with van der Waals surface area (Å²) in [7, 11) is 0. The van der Waals surface area contributed by atoms with Crippen LogP contribution >= 0.6 is 11.3 Å². The van der Waals surface area contributed by atoms with Gasteiger partial charge in [0.1, 0.15) is 15.2 Å². The summed E-state index contributed by atoms with van der Waals surface area (Å²) >= 11 is 1.14. The number of aryl methyl sites for hydroxylation is 2. The Labute approximate surface area is 162 Å². The third kappa shape index (κ3) is 4.03. The van der Waals surface area contributed by atoms with Crippen LogP contribution in [0.5, 0.6) is 0 Å². The zero-order valence-electron chi connectivity index (χ0n) is 16.3. The Hall–Kier alpha value is -2.66. The molecule has 0 aromatic carbocycles. The smallest absolute Gasteiger partial charge is 0.351 e. The zero-order valence-corrected chi connectivity index (χ0v) is 17.2. The van der Waals surface area contributed by atoms with Crippen molar-refractivity contribution in [3.8, 4) is 6.07 Å². The minimum Gasteiger partial charge on any atom is -0.448 e. The summed E-state index contributed by atoms with van der Waals surface area (Å²) in [6.07, 6.45) is -1.07. The van der Waals surface area contributed by atoms with Gasteiger partial charge in [-0.05, 0) is 45.2 Å². The van der Waals surface area contributed by atoms with E-state index in [1.54, 1.807) is 6.92 Å². The van der Waals surface area contributed by atoms with Crippen molar-refractivity contribution in [3.05, 3.63) is 22.2 Å². The first-order valence-electron chi connectivity index (χ1n) is 8.60. The average molecular weight is 388 g/mol. The van der Waals surface area contributed by atoms with E-state index in [1.165, 1.54) is 6.92 Å². The zero-order chi connectivity index (χ0) is 20.5. The minimum atomic E-state index is -1.07. The molecule has 1 amide bonds. The molecule has 0 spiro atoms. The molecule has 7 nitrogen and oxygen atoms in total. The van der Waals surface area contributed by atoms with Crippen molar-refractivity contribution in [1.82, 2.24) is 10.3 Å². The fourth-order valence-electron chi connectivity index (χ4n) is 2.55. The number of nitrogens with two attached hydrogens (primary N) is 1. The van der Waals surface area contributed by atoms with Gasteiger partial charge in [0.05, 0.1) is 11.8 Å². The van der Waals surface area contributed by atoms with E-state index in [1.807, 2.05) is 33.8 Å². The Kier molecular flexibility index (Phi) is 5.76. The first-order chi connectivity index (χ1) is 12.5. The lowest BCUT2D eigenvalue weighted by Gasteiger charge is -2.28. The lowest BCUT2D eigenvalue weighted by Crippen LogP contribution is -2.52. The third-order valence-corrected chi connectivity index (χ3v) is 5.71. The molecule has 2 atom stereocenters. The number of anilines is 1. The third-order valence-electron chi connectivity index (χ3n) is 4.63. The van der Waals surface area contributed by atoms with Gasteiger partial charge in [0.2, 0.25) is 0 Å². The molecule has 2 rings (SSSR count). The molecule has 0 aliphatic rings. The fourth-order valence-corrected chi connectivity index (χ4v) is 3.65. The van der Waals surface area contributed by atoms with Crippen LogP contribution in [0.1, 0.15) is 48.6 Å². The van der Waals surface area contributed by atoms with E-state index >= 15 is 0 Å². The number of nitriles is 1. The Morgan fingerprint density at radius 3 is 2.56 bits per heavy atom. The Morgan fingerprint density at radius 1 is 1.37 bits per heavy atom. The highest BCUT2D eigenvalue weighted by atomic mass is 32.1. The van der Waals surface area contributed by atoms with Crippen molar-refractivity contribution < 1.29 is 14.3 Å². The summed E-state index contributed by atoms with van der Waals surface area (Å²) in [6.45, 7) is 10.5. The molecule has 2 aromatic heterocycles. The molecular weight excluding hydrogens is 364 g/mol. The van der Waals surface area contributed by atoms with Crippen molar-refractivity contribution in [2.45, 2.75) is 53.2 Å². The summed E-state index contributed by atoms with van der Waals surface area (Å²) in [6, 6.07) is 3.98. The lowest BCUT2D eigenvalue weighted by molar-refractivity contribution is -0.130. The molecule has 0 bridgehead atoms. The Balaban J connectivity index is 2.21. The molecule has 0 saturated heterocycles. The van der Waals surface area contributed by atoms with Crippen molar-refractivity contribution in [1.29, 1.82) is 5.26 Å². The Bertz CT molecular complexity index is 945. The predicted octanol–water partition coefficient (Wildman–Crippen LogP) is 3.10. The summed E-state index contributed by atoms with van der Waals surface area (Å²) in [4.78, 5) is 30.2. The molecular formula is C19H24N4O3S. The summed E-state index contributed by atoms with van der Waals surface area (Å²) in [5.74, 6) is -1.32. The molecule has 0 radical (unpaired) electrons. The largest absolute Gasteiger partial charge is 0.448 e. The lowest BCUT2D eigenvalue weighted by atomic mass is 9.90. The van der Waals surface area contributed by atoms with E-state index in [4.69, 9.17) is 10.5 Å². The quantitative estimate of drug-likeness (QED) is 0.760. The van der Waals surface area contributed by atoms with Crippen molar-refractivity contribution >= 4 is 39.1 Å². The highest BCUT2D eigenvalue weighted by Gasteiger charge is 2.33. The number of nitrogens with one attached hydrogen (secondary N) is 1. The van der Waals surface area contributed by atoms with Gasteiger partial charge in [0, 0.05) is 11.1 Å². The van der Waals surface area contributed by atoms with Gasteiger partial charge in [0.15, 0.2) is 6.10 Å². The van der Waals surface area contributed by atoms with Gasteiger partial charge in [0.25, 0.3) is 5.91 Å². The van der Waals surface area contributed by atoms with Crippen LogP contribution < -0.4 is 11.1 Å². The molecule has 144 valence electrons. The Morgan fingerprint density at radius 2 is 2.00 bits per heavy atom. The standard InChI is InChI=1S/C19H24N4O3S/c1-9(2)19(6,8-20)23-16(24)12(5)26-18(25)15-14(21)13-10(3)7-11(4)22-17(13)27-15/h7,9,12H,21H2,1-6H3,(H,23,24). The second-order valence-corrected chi connectivity index (χ2v) is 8.11. The molecule has 2 aromatic rings. The number of rotatable bonds is 5. The van der Waals surface area contributed by atoms with Crippen LogP contribution in [0.25, 0.3) is 10.2 Å². The predicted molar refractivity (Wildman–Crippen MR) is 105 cm³/mol. The molecule has 2 heterocycles. The maximum Gasteiger partial charge on any atom is 0.351 e. The first-order valence-corrected chi connectivity index (χ1v) is 9.42. The number of hydrogen-bond donors (Lipinski definition) is 2. The van der Waals surface area contributed by atoms with Crippen molar-refractivity contribution in [2.24, 2.45) is 5.92 Å². The van der Waals surface area contributed by atoms with Crippen LogP contribution in [-0.4, -0.2) is 28.5 Å². The molecule has 0 aliphatic heterocycles. The number of nitrogens with zero attached hydrogens (tertiary/aromatic N) is 2. The van der Waals surface area contributed by atoms with Crippen molar-refractivity contribution in [2.75, 3.05) is 5.73 Å². The second-order valence-electron chi connectivity index (χ2n) is 7.11. The highest BCUT2D eigenvalue weighted by molar-refractivity contribution is 7.21. The van der Waals surface area contributed by atoms with Crippen LogP contribution in [-0.2, 0) is 9.53 Å². The summed E-state index contributed by atoms with van der Waals surface area (Å²) in [5, 5.41) is 12.7. The number of amides is 1. The van der Waals surface area contributed by atoms with E-state index in [0.29, 0.717) is 10.5 Å². The highest BCUT2D eigenvalue weighted by Crippen LogP contribution is 2.35. The van der Waals surface area contributed by atoms with E-state index in [2.05, 4.69) is 16.4 Å². The molecule has 0 fully saturated rings. The minimum absolute atomic E-state index is 0.107. The number of carbonyl (C=O) groups excluding carboxylic acids is 2. The van der Waals surface area contributed by atoms with Crippen LogP contribution in [0.3, 0.4) is 0 Å². The number of ether oxygens (including phenoxy) is 1. The van der Waals surface area contributed by atoms with E-state index in [-0.39, 0.29) is 10.8 Å². The normalized spacial score (nSPS) is 14.4. The summed E-state index contributed by atoms with van der Waals surface area (Å²) in [5.41, 5.74) is 7.15. The fraction of sp³-hybridized carbons (Fsp3) is 0.474. The number of aromatic nitrogens is 1. The topological polar surface area (TPSA) is 118 Å². The van der Waals surface area contributed by atoms with Gasteiger partial charge in [-0.1, -0.05) is 13.8 Å². The monoisotopic (exact) mass is 388 g/mol. The van der Waals surface area contributed by atoms with E-state index < -0.39 is 23.5 Å². The van der Waals surface area contributed by atoms with Gasteiger partial charge < -0.3 is 15.8 Å². The maximum atomic E-state index is 12.6. The number of fused-ring (bicyclic) bond motifs is 1. The van der Waals surface area contributed by atoms with Crippen LogP contribution in [0, 0.1) is 31.1 Å². The van der Waals surface area contributed by atoms with Gasteiger partial charge in [-0.15, -0.1) is 11.3 Å². The number of nitrogen functional groups attached to an aromatic ring is 1. The van der Waals surface area contributed by atoms with Crippen LogP contribution in [0.4, 0.5) is 5.69 Å². The number of hydrogen-bond acceptors (Lipinski definition) is 7. The maximum absolute atomic E-state index is 12.6.